The normalized spacial score (nSPS) is 17.7. The SMILES string of the molecule is CCCN1C(=O)/C(=C\c2ccc(C(C)C)cc2)SC1=Nc1ccccc1. The number of benzene rings is 2. The molecule has 3 nitrogen and oxygen atoms in total. The zero-order valence-corrected chi connectivity index (χ0v) is 16.3. The zero-order valence-electron chi connectivity index (χ0n) is 15.5. The first-order valence-corrected chi connectivity index (χ1v) is 9.85. The Balaban J connectivity index is 1.89. The molecule has 0 spiro atoms. The van der Waals surface area contributed by atoms with Gasteiger partial charge in [-0.3, -0.25) is 9.69 Å². The van der Waals surface area contributed by atoms with Crippen molar-refractivity contribution in [1.29, 1.82) is 0 Å². The average Bonchev–Trinajstić information content (AvgIpc) is 2.92. The molecule has 2 aromatic rings. The van der Waals surface area contributed by atoms with Gasteiger partial charge in [-0.1, -0.05) is 63.2 Å². The van der Waals surface area contributed by atoms with Crippen LogP contribution in [0.5, 0.6) is 0 Å². The van der Waals surface area contributed by atoms with Gasteiger partial charge in [-0.2, -0.15) is 0 Å². The van der Waals surface area contributed by atoms with Crippen LogP contribution in [0.1, 0.15) is 44.2 Å². The number of carbonyl (C=O) groups is 1. The Bertz CT molecular complexity index is 823. The maximum absolute atomic E-state index is 12.8. The van der Waals surface area contributed by atoms with E-state index in [2.05, 4.69) is 50.0 Å². The number of rotatable bonds is 5. The fourth-order valence-electron chi connectivity index (χ4n) is 2.75. The summed E-state index contributed by atoms with van der Waals surface area (Å²) < 4.78 is 0. The van der Waals surface area contributed by atoms with Crippen molar-refractivity contribution in [2.75, 3.05) is 6.54 Å². The molecule has 0 atom stereocenters. The third kappa shape index (κ3) is 4.25. The van der Waals surface area contributed by atoms with Crippen molar-refractivity contribution in [2.45, 2.75) is 33.1 Å². The van der Waals surface area contributed by atoms with Gasteiger partial charge in [-0.05, 0) is 53.4 Å². The van der Waals surface area contributed by atoms with Crippen LogP contribution in [-0.4, -0.2) is 22.5 Å². The highest BCUT2D eigenvalue weighted by molar-refractivity contribution is 8.18. The van der Waals surface area contributed by atoms with Gasteiger partial charge >= 0.3 is 0 Å². The van der Waals surface area contributed by atoms with Gasteiger partial charge in [0.15, 0.2) is 5.17 Å². The second-order valence-corrected chi connectivity index (χ2v) is 7.63. The van der Waals surface area contributed by atoms with E-state index in [0.29, 0.717) is 12.5 Å². The highest BCUT2D eigenvalue weighted by Gasteiger charge is 2.32. The van der Waals surface area contributed by atoms with Gasteiger partial charge in [0.1, 0.15) is 0 Å². The van der Waals surface area contributed by atoms with Gasteiger partial charge in [0.25, 0.3) is 5.91 Å². The summed E-state index contributed by atoms with van der Waals surface area (Å²) >= 11 is 1.45. The Labute approximate surface area is 159 Å². The van der Waals surface area contributed by atoms with Crippen LogP contribution in [-0.2, 0) is 4.79 Å². The summed E-state index contributed by atoms with van der Waals surface area (Å²) in [6.07, 6.45) is 2.86. The smallest absolute Gasteiger partial charge is 0.266 e. The van der Waals surface area contributed by atoms with E-state index in [9.17, 15) is 4.79 Å². The predicted molar refractivity (Wildman–Crippen MR) is 112 cm³/mol. The van der Waals surface area contributed by atoms with E-state index in [1.54, 1.807) is 4.90 Å². The Hall–Kier alpha value is -2.33. The molecular weight excluding hydrogens is 340 g/mol. The number of hydrogen-bond acceptors (Lipinski definition) is 3. The summed E-state index contributed by atoms with van der Waals surface area (Å²) in [4.78, 5) is 20.0. The fourth-order valence-corrected chi connectivity index (χ4v) is 3.78. The molecule has 26 heavy (non-hydrogen) atoms. The van der Waals surface area contributed by atoms with Crippen LogP contribution in [0.15, 0.2) is 64.5 Å². The van der Waals surface area contributed by atoms with Crippen molar-refractivity contribution < 1.29 is 4.79 Å². The van der Waals surface area contributed by atoms with Gasteiger partial charge < -0.3 is 0 Å². The Morgan fingerprint density at radius 1 is 1.08 bits per heavy atom. The number of thioether (sulfide) groups is 1. The lowest BCUT2D eigenvalue weighted by atomic mass is 10.0. The molecule has 1 saturated heterocycles. The molecule has 4 heteroatoms. The van der Waals surface area contributed by atoms with Crippen molar-refractivity contribution >= 4 is 34.6 Å². The third-order valence-corrected chi connectivity index (χ3v) is 5.22. The summed E-state index contributed by atoms with van der Waals surface area (Å²) in [7, 11) is 0. The number of amidine groups is 1. The molecule has 3 rings (SSSR count). The first-order chi connectivity index (χ1) is 12.6. The summed E-state index contributed by atoms with van der Waals surface area (Å²) in [6, 6.07) is 18.2. The number of nitrogens with zero attached hydrogens (tertiary/aromatic N) is 2. The van der Waals surface area contributed by atoms with E-state index in [4.69, 9.17) is 0 Å². The van der Waals surface area contributed by atoms with E-state index in [1.807, 2.05) is 36.4 Å². The summed E-state index contributed by atoms with van der Waals surface area (Å²) in [5.41, 5.74) is 3.21. The first kappa shape index (κ1) is 18.5. The van der Waals surface area contributed by atoms with Crippen molar-refractivity contribution in [3.05, 3.63) is 70.6 Å². The van der Waals surface area contributed by atoms with Crippen molar-refractivity contribution in [1.82, 2.24) is 4.90 Å². The molecule has 0 aliphatic carbocycles. The molecule has 0 bridgehead atoms. The number of carbonyl (C=O) groups excluding carboxylic acids is 1. The van der Waals surface area contributed by atoms with E-state index >= 15 is 0 Å². The van der Waals surface area contributed by atoms with E-state index in [1.165, 1.54) is 17.3 Å². The lowest BCUT2D eigenvalue weighted by molar-refractivity contribution is -0.122. The van der Waals surface area contributed by atoms with Crippen molar-refractivity contribution in [3.63, 3.8) is 0 Å². The van der Waals surface area contributed by atoms with Gasteiger partial charge in [0.05, 0.1) is 10.6 Å². The number of para-hydroxylation sites is 1. The van der Waals surface area contributed by atoms with Crippen LogP contribution in [0.4, 0.5) is 5.69 Å². The molecule has 1 heterocycles. The quantitative estimate of drug-likeness (QED) is 0.626. The highest BCUT2D eigenvalue weighted by Crippen LogP contribution is 2.34. The van der Waals surface area contributed by atoms with Gasteiger partial charge in [0.2, 0.25) is 0 Å². The average molecular weight is 365 g/mol. The van der Waals surface area contributed by atoms with Crippen LogP contribution in [0.25, 0.3) is 6.08 Å². The number of hydrogen-bond donors (Lipinski definition) is 0. The van der Waals surface area contributed by atoms with Crippen LogP contribution in [0, 0.1) is 0 Å². The molecule has 1 aliphatic heterocycles. The second kappa shape index (κ2) is 8.37. The standard InChI is InChI=1S/C22H24N2OS/c1-4-14-24-21(25)20(15-17-10-12-18(13-11-17)16(2)3)26-22(24)23-19-8-6-5-7-9-19/h5-13,15-16H,4,14H2,1-3H3/b20-15+,23-22?. The molecule has 0 N–H and O–H groups in total. The van der Waals surface area contributed by atoms with Crippen molar-refractivity contribution in [2.24, 2.45) is 4.99 Å². The summed E-state index contributed by atoms with van der Waals surface area (Å²) in [5.74, 6) is 0.545. The maximum Gasteiger partial charge on any atom is 0.266 e. The molecule has 134 valence electrons. The Kier molecular flexibility index (Phi) is 5.94. The molecular formula is C22H24N2OS. The van der Waals surface area contributed by atoms with Crippen LogP contribution in [0.3, 0.4) is 0 Å². The predicted octanol–water partition coefficient (Wildman–Crippen LogP) is 5.82. The molecule has 1 amide bonds. The van der Waals surface area contributed by atoms with E-state index < -0.39 is 0 Å². The van der Waals surface area contributed by atoms with E-state index in [0.717, 1.165) is 27.7 Å². The van der Waals surface area contributed by atoms with Crippen LogP contribution >= 0.6 is 11.8 Å². The van der Waals surface area contributed by atoms with Gasteiger partial charge in [-0.25, -0.2) is 4.99 Å². The van der Waals surface area contributed by atoms with E-state index in [-0.39, 0.29) is 5.91 Å². The molecule has 1 aliphatic rings. The second-order valence-electron chi connectivity index (χ2n) is 6.62. The molecule has 0 aromatic heterocycles. The minimum absolute atomic E-state index is 0.0412. The minimum atomic E-state index is 0.0412. The molecule has 0 saturated carbocycles. The van der Waals surface area contributed by atoms with Gasteiger partial charge in [0, 0.05) is 6.54 Å². The maximum atomic E-state index is 12.8. The summed E-state index contributed by atoms with van der Waals surface area (Å²) in [6.45, 7) is 7.11. The molecule has 2 aromatic carbocycles. The summed E-state index contributed by atoms with van der Waals surface area (Å²) in [5, 5.41) is 0.758. The topological polar surface area (TPSA) is 32.7 Å². The lowest BCUT2D eigenvalue weighted by Crippen LogP contribution is -2.29. The third-order valence-electron chi connectivity index (χ3n) is 4.22. The Morgan fingerprint density at radius 3 is 2.38 bits per heavy atom. The largest absolute Gasteiger partial charge is 0.286 e. The molecule has 0 unspecified atom stereocenters. The first-order valence-electron chi connectivity index (χ1n) is 9.03. The minimum Gasteiger partial charge on any atom is -0.286 e. The number of amides is 1. The van der Waals surface area contributed by atoms with Crippen LogP contribution < -0.4 is 0 Å². The zero-order chi connectivity index (χ0) is 18.5. The molecule has 1 fully saturated rings. The van der Waals surface area contributed by atoms with Crippen molar-refractivity contribution in [3.8, 4) is 0 Å². The molecule has 0 radical (unpaired) electrons. The Morgan fingerprint density at radius 2 is 1.77 bits per heavy atom. The lowest BCUT2D eigenvalue weighted by Gasteiger charge is -2.13. The fraction of sp³-hybridized carbons (Fsp3) is 0.273. The highest BCUT2D eigenvalue weighted by atomic mass is 32.2. The number of aliphatic imine (C=N–C) groups is 1. The van der Waals surface area contributed by atoms with Crippen LogP contribution in [0.2, 0.25) is 0 Å². The monoisotopic (exact) mass is 364 g/mol. The van der Waals surface area contributed by atoms with Gasteiger partial charge in [-0.15, -0.1) is 0 Å².